The topological polar surface area (TPSA) is 71.2 Å². The minimum absolute atomic E-state index is 0.293. The summed E-state index contributed by atoms with van der Waals surface area (Å²) in [5.41, 5.74) is 0. The van der Waals surface area contributed by atoms with E-state index >= 15 is 0 Å². The molecule has 1 N–H and O–H groups in total. The minimum atomic E-state index is -0.705. The molecule has 1 fully saturated rings. The molecule has 0 aromatic carbocycles. The van der Waals surface area contributed by atoms with Gasteiger partial charge in [-0.2, -0.15) is 0 Å². The molecule has 0 amide bonds. The van der Waals surface area contributed by atoms with Gasteiger partial charge in [-0.1, -0.05) is 6.92 Å². The highest BCUT2D eigenvalue weighted by Crippen LogP contribution is 2.32. The molecule has 0 radical (unpaired) electrons. The third kappa shape index (κ3) is 2.14. The maximum atomic E-state index is 11.2. The number of hydrogen-bond donors (Lipinski definition) is 1. The normalized spacial score (nSPS) is 27.4. The third-order valence-corrected chi connectivity index (χ3v) is 4.39. The Morgan fingerprint density at radius 1 is 1.42 bits per heavy atom. The molecule has 19 heavy (non-hydrogen) atoms. The molecule has 0 spiro atoms. The zero-order valence-corrected chi connectivity index (χ0v) is 11.2. The van der Waals surface area contributed by atoms with Crippen molar-refractivity contribution in [3.8, 4) is 0 Å². The van der Waals surface area contributed by atoms with Crippen LogP contribution in [-0.2, 0) is 17.8 Å². The van der Waals surface area contributed by atoms with Gasteiger partial charge in [-0.25, -0.2) is 0 Å². The van der Waals surface area contributed by atoms with Gasteiger partial charge in [-0.05, 0) is 32.4 Å². The fraction of sp³-hybridized carbons (Fsp3) is 0.769. The van der Waals surface area contributed by atoms with Crippen LogP contribution in [0.15, 0.2) is 0 Å². The lowest BCUT2D eigenvalue weighted by Crippen LogP contribution is -2.30. The smallest absolute Gasteiger partial charge is 0.308 e. The number of rotatable bonds is 3. The lowest BCUT2D eigenvalue weighted by atomic mass is 9.99. The van der Waals surface area contributed by atoms with Crippen molar-refractivity contribution in [2.75, 3.05) is 13.1 Å². The van der Waals surface area contributed by atoms with Crippen LogP contribution < -0.4 is 0 Å². The second kappa shape index (κ2) is 4.92. The molecular weight excluding hydrogens is 244 g/mol. The number of fused-ring (bicyclic) bond motifs is 1. The summed E-state index contributed by atoms with van der Waals surface area (Å²) in [7, 11) is 0. The zero-order valence-electron chi connectivity index (χ0n) is 11.2. The van der Waals surface area contributed by atoms with Gasteiger partial charge in [0.15, 0.2) is 0 Å². The molecule has 3 heterocycles. The van der Waals surface area contributed by atoms with Crippen LogP contribution in [0.1, 0.15) is 43.9 Å². The van der Waals surface area contributed by atoms with Crippen LogP contribution >= 0.6 is 0 Å². The first kappa shape index (κ1) is 12.6. The molecule has 2 aliphatic rings. The fourth-order valence-electron chi connectivity index (χ4n) is 3.29. The van der Waals surface area contributed by atoms with Crippen LogP contribution in [0.4, 0.5) is 0 Å². The summed E-state index contributed by atoms with van der Waals surface area (Å²) < 4.78 is 2.06. The summed E-state index contributed by atoms with van der Waals surface area (Å²) in [5, 5.41) is 17.8. The number of likely N-dealkylation sites (tertiary alicyclic amines) is 1. The molecule has 1 aromatic heterocycles. The SMILES string of the molecule is CCN1CCCC1c1nnc2n1CC(C(=O)O)CC2. The number of hydrogen-bond acceptors (Lipinski definition) is 4. The summed E-state index contributed by atoms with van der Waals surface area (Å²) in [6.07, 6.45) is 3.69. The molecule has 0 aliphatic carbocycles. The van der Waals surface area contributed by atoms with E-state index in [9.17, 15) is 9.90 Å². The molecule has 6 nitrogen and oxygen atoms in total. The summed E-state index contributed by atoms with van der Waals surface area (Å²) in [5.74, 6) is 0.929. The van der Waals surface area contributed by atoms with E-state index in [0.717, 1.165) is 37.6 Å². The predicted molar refractivity (Wildman–Crippen MR) is 68.7 cm³/mol. The van der Waals surface area contributed by atoms with Gasteiger partial charge in [0.1, 0.15) is 11.6 Å². The molecule has 2 atom stereocenters. The number of nitrogens with zero attached hydrogens (tertiary/aromatic N) is 4. The Morgan fingerprint density at radius 3 is 3.00 bits per heavy atom. The zero-order chi connectivity index (χ0) is 13.4. The summed E-state index contributed by atoms with van der Waals surface area (Å²) in [6, 6.07) is 0.318. The van der Waals surface area contributed by atoms with Gasteiger partial charge in [0.2, 0.25) is 0 Å². The van der Waals surface area contributed by atoms with Gasteiger partial charge >= 0.3 is 5.97 Å². The number of carboxylic acids is 1. The number of carbonyl (C=O) groups is 1. The number of aromatic nitrogens is 3. The molecule has 1 aromatic rings. The molecule has 0 bridgehead atoms. The minimum Gasteiger partial charge on any atom is -0.481 e. The monoisotopic (exact) mass is 264 g/mol. The molecule has 1 saturated heterocycles. The van der Waals surface area contributed by atoms with Crippen molar-refractivity contribution in [1.29, 1.82) is 0 Å². The highest BCUT2D eigenvalue weighted by molar-refractivity contribution is 5.70. The second-order valence-electron chi connectivity index (χ2n) is 5.45. The van der Waals surface area contributed by atoms with E-state index in [2.05, 4.69) is 26.6 Å². The van der Waals surface area contributed by atoms with Gasteiger partial charge in [-0.15, -0.1) is 10.2 Å². The van der Waals surface area contributed by atoms with Crippen molar-refractivity contribution in [1.82, 2.24) is 19.7 Å². The van der Waals surface area contributed by atoms with Gasteiger partial charge in [0, 0.05) is 13.0 Å². The maximum absolute atomic E-state index is 11.2. The number of aliphatic carboxylic acids is 1. The van der Waals surface area contributed by atoms with Crippen LogP contribution in [0.3, 0.4) is 0 Å². The largest absolute Gasteiger partial charge is 0.481 e. The van der Waals surface area contributed by atoms with Crippen molar-refractivity contribution >= 4 is 5.97 Å². The maximum Gasteiger partial charge on any atom is 0.308 e. The Morgan fingerprint density at radius 2 is 2.26 bits per heavy atom. The Hall–Kier alpha value is -1.43. The Labute approximate surface area is 112 Å². The standard InChI is InChI=1S/C13H20N4O2/c1-2-16-7-3-4-10(16)12-15-14-11-6-5-9(13(18)19)8-17(11)12/h9-10H,2-8H2,1H3,(H,18,19). The molecule has 2 aliphatic heterocycles. The van der Waals surface area contributed by atoms with Gasteiger partial charge < -0.3 is 9.67 Å². The molecule has 3 rings (SSSR count). The van der Waals surface area contributed by atoms with Gasteiger partial charge in [0.05, 0.1) is 12.0 Å². The van der Waals surface area contributed by atoms with Gasteiger partial charge in [0.25, 0.3) is 0 Å². The van der Waals surface area contributed by atoms with Crippen LogP contribution in [0.5, 0.6) is 0 Å². The van der Waals surface area contributed by atoms with Crippen molar-refractivity contribution < 1.29 is 9.90 Å². The van der Waals surface area contributed by atoms with Crippen molar-refractivity contribution in [2.45, 2.75) is 45.2 Å². The van der Waals surface area contributed by atoms with E-state index in [1.807, 2.05) is 0 Å². The average molecular weight is 264 g/mol. The Bertz CT molecular complexity index is 485. The summed E-state index contributed by atoms with van der Waals surface area (Å²) in [4.78, 5) is 13.6. The first-order valence-electron chi connectivity index (χ1n) is 7.09. The van der Waals surface area contributed by atoms with E-state index in [0.29, 0.717) is 19.0 Å². The predicted octanol–water partition coefficient (Wildman–Crippen LogP) is 1.08. The second-order valence-corrected chi connectivity index (χ2v) is 5.45. The lowest BCUT2D eigenvalue weighted by Gasteiger charge is -2.26. The van der Waals surface area contributed by atoms with E-state index in [4.69, 9.17) is 0 Å². The highest BCUT2D eigenvalue weighted by Gasteiger charge is 2.33. The molecule has 6 heteroatoms. The van der Waals surface area contributed by atoms with E-state index in [-0.39, 0.29) is 5.92 Å². The number of carboxylic acid groups (broad SMARTS) is 1. The first-order chi connectivity index (χ1) is 9.20. The summed E-state index contributed by atoms with van der Waals surface area (Å²) in [6.45, 7) is 4.80. The molecule has 2 unspecified atom stereocenters. The van der Waals surface area contributed by atoms with E-state index in [1.165, 1.54) is 6.42 Å². The lowest BCUT2D eigenvalue weighted by molar-refractivity contribution is -0.142. The van der Waals surface area contributed by atoms with E-state index < -0.39 is 5.97 Å². The van der Waals surface area contributed by atoms with Crippen molar-refractivity contribution in [2.24, 2.45) is 5.92 Å². The first-order valence-corrected chi connectivity index (χ1v) is 7.09. The van der Waals surface area contributed by atoms with Crippen LogP contribution in [0.25, 0.3) is 0 Å². The third-order valence-electron chi connectivity index (χ3n) is 4.39. The van der Waals surface area contributed by atoms with Crippen LogP contribution in [0, 0.1) is 5.92 Å². The Kier molecular flexibility index (Phi) is 3.26. The molecule has 104 valence electrons. The van der Waals surface area contributed by atoms with Crippen molar-refractivity contribution in [3.63, 3.8) is 0 Å². The summed E-state index contributed by atoms with van der Waals surface area (Å²) >= 11 is 0. The molecule has 0 saturated carbocycles. The van der Waals surface area contributed by atoms with Crippen LogP contribution in [0.2, 0.25) is 0 Å². The highest BCUT2D eigenvalue weighted by atomic mass is 16.4. The Balaban J connectivity index is 1.88. The van der Waals surface area contributed by atoms with Crippen LogP contribution in [-0.4, -0.2) is 43.8 Å². The fourth-order valence-corrected chi connectivity index (χ4v) is 3.29. The van der Waals surface area contributed by atoms with Gasteiger partial charge in [-0.3, -0.25) is 9.69 Å². The quantitative estimate of drug-likeness (QED) is 0.884. The average Bonchev–Trinajstić information content (AvgIpc) is 3.03. The molecular formula is C13H20N4O2. The van der Waals surface area contributed by atoms with Crippen molar-refractivity contribution in [3.05, 3.63) is 11.6 Å². The van der Waals surface area contributed by atoms with E-state index in [1.54, 1.807) is 0 Å². The number of aryl methyl sites for hydroxylation is 1.